The summed E-state index contributed by atoms with van der Waals surface area (Å²) >= 11 is 1.62. The first kappa shape index (κ1) is 13.9. The molecule has 0 amide bonds. The smallest absolute Gasteiger partial charge is 0.161 e. The van der Waals surface area contributed by atoms with Crippen molar-refractivity contribution in [3.63, 3.8) is 0 Å². The Morgan fingerprint density at radius 2 is 1.81 bits per heavy atom. The predicted molar refractivity (Wildman–Crippen MR) is 85.2 cm³/mol. The van der Waals surface area contributed by atoms with Crippen LogP contribution in [0.15, 0.2) is 42.5 Å². The zero-order valence-corrected chi connectivity index (χ0v) is 12.7. The van der Waals surface area contributed by atoms with Gasteiger partial charge in [-0.3, -0.25) is 0 Å². The van der Waals surface area contributed by atoms with Crippen molar-refractivity contribution >= 4 is 21.6 Å². The minimum atomic E-state index is -0.276. The number of hydrogen-bond acceptors (Lipinski definition) is 5. The zero-order valence-electron chi connectivity index (χ0n) is 11.9. The highest BCUT2D eigenvalue weighted by Gasteiger charge is 2.16. The van der Waals surface area contributed by atoms with Crippen LogP contribution in [0.2, 0.25) is 0 Å². The molecule has 0 radical (unpaired) electrons. The third kappa shape index (κ3) is 2.57. The average Bonchev–Trinajstić information content (AvgIpc) is 2.97. The summed E-state index contributed by atoms with van der Waals surface area (Å²) in [6.07, 6.45) is 0. The van der Waals surface area contributed by atoms with Gasteiger partial charge in [0.15, 0.2) is 11.5 Å². The van der Waals surface area contributed by atoms with Gasteiger partial charge in [-0.05, 0) is 29.8 Å². The SMILES string of the molecule is COc1ccc(C(N)c2nc3ccccc3s2)cc1OC. The molecule has 3 rings (SSSR count). The minimum Gasteiger partial charge on any atom is -0.493 e. The van der Waals surface area contributed by atoms with Gasteiger partial charge in [-0.25, -0.2) is 4.98 Å². The number of aromatic nitrogens is 1. The van der Waals surface area contributed by atoms with Gasteiger partial charge in [0, 0.05) is 0 Å². The van der Waals surface area contributed by atoms with E-state index >= 15 is 0 Å². The number of nitrogens with zero attached hydrogens (tertiary/aromatic N) is 1. The molecule has 2 N–H and O–H groups in total. The van der Waals surface area contributed by atoms with Crippen LogP contribution >= 0.6 is 11.3 Å². The molecule has 1 atom stereocenters. The highest BCUT2D eigenvalue weighted by atomic mass is 32.1. The summed E-state index contributed by atoms with van der Waals surface area (Å²) in [6, 6.07) is 13.5. The number of benzene rings is 2. The third-order valence-electron chi connectivity index (χ3n) is 3.34. The number of nitrogens with two attached hydrogens (primary N) is 1. The van der Waals surface area contributed by atoms with Crippen LogP contribution in [0, 0.1) is 0 Å². The number of fused-ring (bicyclic) bond motifs is 1. The van der Waals surface area contributed by atoms with Gasteiger partial charge in [-0.2, -0.15) is 0 Å². The van der Waals surface area contributed by atoms with Gasteiger partial charge in [-0.15, -0.1) is 11.3 Å². The Hall–Kier alpha value is -2.11. The van der Waals surface area contributed by atoms with Gasteiger partial charge in [0.05, 0.1) is 30.5 Å². The fourth-order valence-electron chi connectivity index (χ4n) is 2.21. The molecule has 0 fully saturated rings. The van der Waals surface area contributed by atoms with Crippen LogP contribution in [0.25, 0.3) is 10.2 Å². The van der Waals surface area contributed by atoms with Crippen molar-refractivity contribution in [2.45, 2.75) is 6.04 Å². The van der Waals surface area contributed by atoms with Crippen molar-refractivity contribution in [1.82, 2.24) is 4.98 Å². The molecule has 4 nitrogen and oxygen atoms in total. The molecular formula is C16H16N2O2S. The molecule has 0 aliphatic rings. The Bertz CT molecular complexity index is 737. The van der Waals surface area contributed by atoms with Gasteiger partial charge >= 0.3 is 0 Å². The summed E-state index contributed by atoms with van der Waals surface area (Å²) in [5, 5.41) is 0.892. The standard InChI is InChI=1S/C16H16N2O2S/c1-19-12-8-7-10(9-13(12)20-2)15(17)16-18-11-5-3-4-6-14(11)21-16/h3-9,15H,17H2,1-2H3. The summed E-state index contributed by atoms with van der Waals surface area (Å²) in [6.45, 7) is 0. The predicted octanol–water partition coefficient (Wildman–Crippen LogP) is 3.36. The molecule has 1 heterocycles. The molecule has 5 heteroatoms. The number of hydrogen-bond donors (Lipinski definition) is 1. The third-order valence-corrected chi connectivity index (χ3v) is 4.46. The van der Waals surface area contributed by atoms with Gasteiger partial charge in [0.1, 0.15) is 5.01 Å². The van der Waals surface area contributed by atoms with Crippen LogP contribution in [0.5, 0.6) is 11.5 Å². The Labute approximate surface area is 127 Å². The highest BCUT2D eigenvalue weighted by molar-refractivity contribution is 7.18. The first-order valence-corrected chi connectivity index (χ1v) is 7.37. The van der Waals surface area contributed by atoms with Crippen LogP contribution in [0.3, 0.4) is 0 Å². The molecular weight excluding hydrogens is 284 g/mol. The molecule has 0 spiro atoms. The van der Waals surface area contributed by atoms with E-state index in [2.05, 4.69) is 11.1 Å². The van der Waals surface area contributed by atoms with Crippen molar-refractivity contribution in [2.24, 2.45) is 5.73 Å². The van der Waals surface area contributed by atoms with Crippen molar-refractivity contribution in [2.75, 3.05) is 14.2 Å². The topological polar surface area (TPSA) is 57.4 Å². The van der Waals surface area contributed by atoms with Crippen molar-refractivity contribution in [3.05, 3.63) is 53.0 Å². The molecule has 108 valence electrons. The lowest BCUT2D eigenvalue weighted by molar-refractivity contribution is 0.354. The van der Waals surface area contributed by atoms with Crippen molar-refractivity contribution in [1.29, 1.82) is 0 Å². The summed E-state index contributed by atoms with van der Waals surface area (Å²) in [7, 11) is 3.23. The number of thiazole rings is 1. The normalized spacial score (nSPS) is 12.3. The summed E-state index contributed by atoms with van der Waals surface area (Å²) in [4.78, 5) is 4.61. The summed E-state index contributed by atoms with van der Waals surface area (Å²) in [5.74, 6) is 1.37. The monoisotopic (exact) mass is 300 g/mol. The van der Waals surface area contributed by atoms with Crippen LogP contribution in [-0.2, 0) is 0 Å². The maximum absolute atomic E-state index is 6.35. The molecule has 0 aliphatic heterocycles. The zero-order chi connectivity index (χ0) is 14.8. The second-order valence-corrected chi connectivity index (χ2v) is 5.67. The van der Waals surface area contributed by atoms with E-state index in [9.17, 15) is 0 Å². The lowest BCUT2D eigenvalue weighted by Crippen LogP contribution is -2.11. The van der Waals surface area contributed by atoms with E-state index in [4.69, 9.17) is 15.2 Å². The Kier molecular flexibility index (Phi) is 3.77. The highest BCUT2D eigenvalue weighted by Crippen LogP contribution is 2.33. The van der Waals surface area contributed by atoms with Gasteiger partial charge in [0.25, 0.3) is 0 Å². The van der Waals surface area contributed by atoms with Crippen molar-refractivity contribution < 1.29 is 9.47 Å². The first-order chi connectivity index (χ1) is 10.2. The summed E-state index contributed by atoms with van der Waals surface area (Å²) in [5.41, 5.74) is 8.28. The van der Waals surface area contributed by atoms with E-state index in [0.29, 0.717) is 11.5 Å². The van der Waals surface area contributed by atoms with E-state index in [1.807, 2.05) is 36.4 Å². The van der Waals surface area contributed by atoms with E-state index in [0.717, 1.165) is 20.8 Å². The molecule has 2 aromatic carbocycles. The Morgan fingerprint density at radius 3 is 2.52 bits per heavy atom. The molecule has 3 aromatic rings. The average molecular weight is 300 g/mol. The fourth-order valence-corrected chi connectivity index (χ4v) is 3.21. The molecule has 1 unspecified atom stereocenters. The van der Waals surface area contributed by atoms with Crippen LogP contribution in [-0.4, -0.2) is 19.2 Å². The second-order valence-electron chi connectivity index (χ2n) is 4.61. The fraction of sp³-hybridized carbons (Fsp3) is 0.188. The van der Waals surface area contributed by atoms with Gasteiger partial charge in [0.2, 0.25) is 0 Å². The van der Waals surface area contributed by atoms with Crippen LogP contribution < -0.4 is 15.2 Å². The van der Waals surface area contributed by atoms with Gasteiger partial charge in [-0.1, -0.05) is 18.2 Å². The van der Waals surface area contributed by atoms with E-state index in [-0.39, 0.29) is 6.04 Å². The maximum Gasteiger partial charge on any atom is 0.161 e. The lowest BCUT2D eigenvalue weighted by Gasteiger charge is -2.13. The molecule has 0 aliphatic carbocycles. The first-order valence-electron chi connectivity index (χ1n) is 6.56. The van der Waals surface area contributed by atoms with E-state index in [1.54, 1.807) is 25.6 Å². The maximum atomic E-state index is 6.35. The Morgan fingerprint density at radius 1 is 1.05 bits per heavy atom. The number of ether oxygens (including phenoxy) is 2. The van der Waals surface area contributed by atoms with E-state index < -0.39 is 0 Å². The summed E-state index contributed by atoms with van der Waals surface area (Å²) < 4.78 is 11.7. The molecule has 0 bridgehead atoms. The minimum absolute atomic E-state index is 0.276. The van der Waals surface area contributed by atoms with Crippen LogP contribution in [0.4, 0.5) is 0 Å². The molecule has 21 heavy (non-hydrogen) atoms. The largest absolute Gasteiger partial charge is 0.493 e. The molecule has 0 saturated carbocycles. The number of rotatable bonds is 4. The molecule has 0 saturated heterocycles. The quantitative estimate of drug-likeness (QED) is 0.802. The Balaban J connectivity index is 1.99. The second kappa shape index (κ2) is 5.71. The van der Waals surface area contributed by atoms with E-state index in [1.165, 1.54) is 0 Å². The number of methoxy groups -OCH3 is 2. The van der Waals surface area contributed by atoms with Gasteiger partial charge < -0.3 is 15.2 Å². The van der Waals surface area contributed by atoms with Crippen molar-refractivity contribution in [3.8, 4) is 11.5 Å². The lowest BCUT2D eigenvalue weighted by atomic mass is 10.1. The molecule has 1 aromatic heterocycles. The number of para-hydroxylation sites is 1. The van der Waals surface area contributed by atoms with Crippen LogP contribution in [0.1, 0.15) is 16.6 Å².